The van der Waals surface area contributed by atoms with Gasteiger partial charge in [-0.05, 0) is 69.1 Å². The maximum atomic E-state index is 14.5. The van der Waals surface area contributed by atoms with Gasteiger partial charge >= 0.3 is 6.09 Å². The third kappa shape index (κ3) is 8.47. The van der Waals surface area contributed by atoms with E-state index in [-0.39, 0.29) is 31.7 Å². The summed E-state index contributed by atoms with van der Waals surface area (Å²) in [5.41, 5.74) is -0.755. The molecule has 3 aliphatic rings. The van der Waals surface area contributed by atoms with E-state index < -0.39 is 73.8 Å². The van der Waals surface area contributed by atoms with Gasteiger partial charge in [0, 0.05) is 19.4 Å². The number of sulfonamides is 1. The number of hydrogen-bond donors (Lipinski definition) is 3. The minimum Gasteiger partial charge on any atom is -0.444 e. The number of carbonyl (C=O) groups excluding carboxylic acids is 4. The van der Waals surface area contributed by atoms with Crippen LogP contribution in [0.3, 0.4) is 0 Å². The van der Waals surface area contributed by atoms with Crippen LogP contribution in [0.25, 0.3) is 11.1 Å². The lowest BCUT2D eigenvalue weighted by Gasteiger charge is -2.32. The summed E-state index contributed by atoms with van der Waals surface area (Å²) in [6.07, 6.45) is 2.12. The third-order valence-corrected chi connectivity index (χ3v) is 11.6. The minimum atomic E-state index is -3.89. The van der Waals surface area contributed by atoms with Gasteiger partial charge in [0.05, 0.1) is 11.8 Å². The zero-order valence-electron chi connectivity index (χ0n) is 30.2. The van der Waals surface area contributed by atoms with Gasteiger partial charge in [-0.15, -0.1) is 6.58 Å². The molecule has 2 aromatic carbocycles. The molecule has 2 unspecified atom stereocenters. The molecule has 0 radical (unpaired) electrons. The van der Waals surface area contributed by atoms with Crippen molar-refractivity contribution in [1.29, 1.82) is 0 Å². The normalized spacial score (nSPS) is 25.1. The van der Waals surface area contributed by atoms with E-state index in [9.17, 15) is 27.6 Å². The highest BCUT2D eigenvalue weighted by atomic mass is 32.2. The van der Waals surface area contributed by atoms with E-state index in [2.05, 4.69) is 21.9 Å². The molecule has 276 valence electrons. The molecule has 1 heterocycles. The van der Waals surface area contributed by atoms with Crippen LogP contribution < -0.4 is 15.4 Å². The van der Waals surface area contributed by atoms with Gasteiger partial charge in [0.15, 0.2) is 0 Å². The first-order valence-corrected chi connectivity index (χ1v) is 19.0. The second kappa shape index (κ2) is 14.4. The molecule has 1 saturated heterocycles. The Hall–Kier alpha value is -4.23. The molecule has 3 N–H and O–H groups in total. The number of ether oxygens (including phenoxy) is 2. The van der Waals surface area contributed by atoms with E-state index in [4.69, 9.17) is 9.47 Å². The molecule has 12 nitrogen and oxygen atoms in total. The van der Waals surface area contributed by atoms with Crippen LogP contribution in [0, 0.1) is 11.8 Å². The van der Waals surface area contributed by atoms with Gasteiger partial charge in [-0.25, -0.2) is 13.2 Å². The van der Waals surface area contributed by atoms with E-state index in [1.54, 1.807) is 20.8 Å². The summed E-state index contributed by atoms with van der Waals surface area (Å²) in [7, 11) is -2.37. The fraction of sp³-hybridized carbons (Fsp3) is 0.526. The number of likely N-dealkylation sites (tertiary alicyclic amines) is 1. The summed E-state index contributed by atoms with van der Waals surface area (Å²) in [5, 5.41) is 4.91. The molecule has 3 fully saturated rings. The van der Waals surface area contributed by atoms with Crippen LogP contribution in [0.5, 0.6) is 0 Å². The summed E-state index contributed by atoms with van der Waals surface area (Å²) in [4.78, 5) is 56.7. The lowest BCUT2D eigenvalue weighted by molar-refractivity contribution is -0.141. The zero-order chi connectivity index (χ0) is 37.4. The van der Waals surface area contributed by atoms with E-state index in [0.717, 1.165) is 16.7 Å². The quantitative estimate of drug-likeness (QED) is 0.257. The average molecular weight is 723 g/mol. The van der Waals surface area contributed by atoms with Crippen molar-refractivity contribution < 1.29 is 37.1 Å². The summed E-state index contributed by atoms with van der Waals surface area (Å²) in [5.74, 6) is -2.52. The molecule has 5 atom stereocenters. The molecule has 2 aliphatic carbocycles. The fourth-order valence-corrected chi connectivity index (χ4v) is 8.14. The van der Waals surface area contributed by atoms with Crippen molar-refractivity contribution in [2.24, 2.45) is 11.8 Å². The van der Waals surface area contributed by atoms with E-state index in [1.165, 1.54) is 18.1 Å². The monoisotopic (exact) mass is 722 g/mol. The largest absolute Gasteiger partial charge is 0.444 e. The van der Waals surface area contributed by atoms with Gasteiger partial charge in [0.1, 0.15) is 28.8 Å². The number of alkyl carbamates (subject to hydrolysis) is 1. The van der Waals surface area contributed by atoms with Gasteiger partial charge in [-0.1, -0.05) is 74.5 Å². The predicted octanol–water partition coefficient (Wildman–Crippen LogP) is 4.40. The fourth-order valence-electron chi connectivity index (χ4n) is 6.77. The first-order chi connectivity index (χ1) is 23.9. The molecular weight excluding hydrogens is 673 g/mol. The van der Waals surface area contributed by atoms with Crippen LogP contribution in [-0.4, -0.2) is 79.3 Å². The van der Waals surface area contributed by atoms with Crippen molar-refractivity contribution in [3.8, 4) is 11.1 Å². The Bertz CT molecular complexity index is 1750. The molecule has 0 aromatic heterocycles. The summed E-state index contributed by atoms with van der Waals surface area (Å²) >= 11 is 0. The maximum absolute atomic E-state index is 14.5. The van der Waals surface area contributed by atoms with Crippen LogP contribution in [0.1, 0.15) is 72.3 Å². The molecule has 0 spiro atoms. The van der Waals surface area contributed by atoms with Crippen molar-refractivity contribution >= 4 is 33.8 Å². The number of benzene rings is 2. The Kier molecular flexibility index (Phi) is 10.7. The number of rotatable bonds is 13. The topological polar surface area (TPSA) is 160 Å². The average Bonchev–Trinajstić information content (AvgIpc) is 4.00. The lowest BCUT2D eigenvalue weighted by atomic mass is 9.89. The molecular formula is C38H50N4O8S. The smallest absolute Gasteiger partial charge is 0.408 e. The highest BCUT2D eigenvalue weighted by molar-refractivity contribution is 7.91. The Labute approximate surface area is 300 Å². The number of hydrogen-bond acceptors (Lipinski definition) is 8. The molecule has 2 aromatic rings. The van der Waals surface area contributed by atoms with Gasteiger partial charge in [0.25, 0.3) is 5.91 Å². The Balaban J connectivity index is 1.48. The summed E-state index contributed by atoms with van der Waals surface area (Å²) in [6.45, 7) is 12.7. The standard InChI is InChI=1S/C38H50N4O8S/c1-8-27-21-38(27,34(45)41-51(47,48)29-18-19-29)40-32(43)31-22-37(49-7,28-16-14-26(15-17-28)25-12-10-9-11-13-25)23-42(31)33(44)30(20-24(2)3)39-35(46)50-36(4,5)6/h8-17,24,27,29-31H,1,18-23H2,2-7H3,(H,39,46)(H,40,43)(H,41,45)/t27?,30-,31-,37-,38?/m0/s1. The molecule has 2 saturated carbocycles. The lowest BCUT2D eigenvalue weighted by Crippen LogP contribution is -2.58. The van der Waals surface area contributed by atoms with Crippen LogP contribution in [0.4, 0.5) is 4.79 Å². The highest BCUT2D eigenvalue weighted by Gasteiger charge is 2.62. The summed E-state index contributed by atoms with van der Waals surface area (Å²) < 4.78 is 39.2. The third-order valence-electron chi connectivity index (χ3n) is 9.76. The van der Waals surface area contributed by atoms with E-state index >= 15 is 0 Å². The first-order valence-electron chi connectivity index (χ1n) is 17.5. The number of carbonyl (C=O) groups is 4. The highest BCUT2D eigenvalue weighted by Crippen LogP contribution is 2.46. The Morgan fingerprint density at radius 3 is 2.16 bits per heavy atom. The van der Waals surface area contributed by atoms with Crippen molar-refractivity contribution in [2.45, 2.75) is 101 Å². The Morgan fingerprint density at radius 2 is 1.63 bits per heavy atom. The Morgan fingerprint density at radius 1 is 1.00 bits per heavy atom. The van der Waals surface area contributed by atoms with Crippen molar-refractivity contribution in [1.82, 2.24) is 20.3 Å². The predicted molar refractivity (Wildman–Crippen MR) is 193 cm³/mol. The van der Waals surface area contributed by atoms with Gasteiger partial charge in [-0.2, -0.15) is 0 Å². The van der Waals surface area contributed by atoms with E-state index in [1.807, 2.05) is 68.4 Å². The number of amides is 4. The van der Waals surface area contributed by atoms with Crippen molar-refractivity contribution in [3.05, 3.63) is 72.8 Å². The van der Waals surface area contributed by atoms with E-state index in [0.29, 0.717) is 12.8 Å². The van der Waals surface area contributed by atoms with Crippen LogP contribution in [0.15, 0.2) is 67.3 Å². The number of nitrogens with zero attached hydrogens (tertiary/aromatic N) is 1. The van der Waals surface area contributed by atoms with Gasteiger partial charge in [0.2, 0.25) is 21.8 Å². The van der Waals surface area contributed by atoms with Gasteiger partial charge < -0.3 is 25.0 Å². The second-order valence-corrected chi connectivity index (χ2v) is 17.3. The molecule has 0 bridgehead atoms. The first kappa shape index (κ1) is 38.0. The maximum Gasteiger partial charge on any atom is 0.408 e. The van der Waals surface area contributed by atoms with Crippen LogP contribution in [0.2, 0.25) is 0 Å². The van der Waals surface area contributed by atoms with Crippen molar-refractivity contribution in [2.75, 3.05) is 13.7 Å². The summed E-state index contributed by atoms with van der Waals surface area (Å²) in [6, 6.07) is 15.4. The zero-order valence-corrected chi connectivity index (χ0v) is 31.0. The van der Waals surface area contributed by atoms with Crippen molar-refractivity contribution in [3.63, 3.8) is 0 Å². The molecule has 5 rings (SSSR count). The molecule has 1 aliphatic heterocycles. The molecule has 4 amide bonds. The van der Waals surface area contributed by atoms with Gasteiger partial charge in [-0.3, -0.25) is 19.1 Å². The number of nitrogens with one attached hydrogen (secondary N) is 3. The molecule has 13 heteroatoms. The van der Waals surface area contributed by atoms with Crippen LogP contribution >= 0.6 is 0 Å². The SMILES string of the molecule is C=CC1CC1(NC(=O)[C@@H]1C[C@@](OC)(c2ccc(-c3ccccc3)cc2)CN1C(=O)[C@H](CC(C)C)NC(=O)OC(C)(C)C)C(=O)NS(=O)(=O)C1CC1. The number of methoxy groups -OCH3 is 1. The minimum absolute atomic E-state index is 0.0123. The van der Waals surface area contributed by atoms with Crippen LogP contribution in [-0.2, 0) is 39.5 Å². The second-order valence-electron chi connectivity index (χ2n) is 15.3. The molecule has 51 heavy (non-hydrogen) atoms.